The number of aryl methyl sites for hydroxylation is 1. The molecule has 0 saturated carbocycles. The second-order valence-electron chi connectivity index (χ2n) is 6.65. The Bertz CT molecular complexity index is 531. The molecule has 2 aliphatic heterocycles. The van der Waals surface area contributed by atoms with Crippen LogP contribution in [0.1, 0.15) is 12.1 Å². The van der Waals surface area contributed by atoms with Crippen LogP contribution in [0.3, 0.4) is 0 Å². The smallest absolute Gasteiger partial charge is 0.222 e. The zero-order valence-electron chi connectivity index (χ0n) is 13.5. The number of hydrogen-bond acceptors (Lipinski definition) is 5. The maximum atomic E-state index is 12.0. The normalized spacial score (nSPS) is 27.6. The number of amides is 1. The molecule has 3 atom stereocenters. The molecule has 2 fully saturated rings. The number of aromatic nitrogens is 2. The quantitative estimate of drug-likeness (QED) is 0.832. The summed E-state index contributed by atoms with van der Waals surface area (Å²) in [6, 6.07) is 4.02. The van der Waals surface area contributed by atoms with Crippen LogP contribution in [0.5, 0.6) is 0 Å². The van der Waals surface area contributed by atoms with Crippen molar-refractivity contribution in [2.75, 3.05) is 45.3 Å². The predicted molar refractivity (Wildman–Crippen MR) is 83.6 cm³/mol. The van der Waals surface area contributed by atoms with Crippen LogP contribution in [0.15, 0.2) is 12.1 Å². The van der Waals surface area contributed by atoms with Crippen molar-refractivity contribution in [3.63, 3.8) is 0 Å². The zero-order valence-corrected chi connectivity index (χ0v) is 13.5. The first kappa shape index (κ1) is 15.2. The zero-order chi connectivity index (χ0) is 15.7. The first-order valence-corrected chi connectivity index (χ1v) is 7.87. The molecule has 0 radical (unpaired) electrons. The minimum absolute atomic E-state index is 0.183. The number of carbonyl (C=O) groups excluding carboxylic acids is 1. The van der Waals surface area contributed by atoms with E-state index in [1.807, 2.05) is 33.2 Å². The maximum absolute atomic E-state index is 12.0. The molecule has 0 bridgehead atoms. The molecule has 1 amide bonds. The van der Waals surface area contributed by atoms with E-state index >= 15 is 0 Å². The van der Waals surface area contributed by atoms with E-state index in [4.69, 9.17) is 4.74 Å². The summed E-state index contributed by atoms with van der Waals surface area (Å²) in [5.41, 5.74) is 0.929. The summed E-state index contributed by atoms with van der Waals surface area (Å²) in [5.74, 6) is 2.40. The summed E-state index contributed by atoms with van der Waals surface area (Å²) in [5, 5.41) is 8.44. The number of anilines is 1. The Morgan fingerprint density at radius 1 is 1.32 bits per heavy atom. The fourth-order valence-electron chi connectivity index (χ4n) is 3.47. The summed E-state index contributed by atoms with van der Waals surface area (Å²) in [6.07, 6.45) is 0.571. The van der Waals surface area contributed by atoms with Gasteiger partial charge in [0, 0.05) is 39.5 Å². The molecule has 6 heteroatoms. The van der Waals surface area contributed by atoms with E-state index in [-0.39, 0.29) is 5.91 Å². The van der Waals surface area contributed by atoms with Gasteiger partial charge in [0.25, 0.3) is 0 Å². The lowest BCUT2D eigenvalue weighted by Crippen LogP contribution is -2.38. The van der Waals surface area contributed by atoms with Gasteiger partial charge < -0.3 is 14.5 Å². The summed E-state index contributed by atoms with van der Waals surface area (Å²) < 4.78 is 5.75. The van der Waals surface area contributed by atoms with E-state index in [1.165, 1.54) is 0 Å². The minimum Gasteiger partial charge on any atom is -0.381 e. The van der Waals surface area contributed by atoms with Crippen molar-refractivity contribution in [1.29, 1.82) is 0 Å². The Labute approximate surface area is 131 Å². The molecule has 0 aromatic carbocycles. The number of rotatable bonds is 3. The van der Waals surface area contributed by atoms with E-state index in [0.29, 0.717) is 30.8 Å². The van der Waals surface area contributed by atoms with Gasteiger partial charge in [-0.3, -0.25) is 4.79 Å². The summed E-state index contributed by atoms with van der Waals surface area (Å²) >= 11 is 0. The second kappa shape index (κ2) is 6.20. The molecule has 3 rings (SSSR count). The highest BCUT2D eigenvalue weighted by Crippen LogP contribution is 2.37. The molecule has 1 aromatic rings. The molecule has 0 aliphatic carbocycles. The number of nitrogens with zero attached hydrogens (tertiary/aromatic N) is 4. The SMILES string of the molecule is Cc1ccc(N2C[C@H]3COC[C@@H](CC(=O)N(C)C)[C@H]3C2)nn1. The Hall–Kier alpha value is -1.69. The van der Waals surface area contributed by atoms with Crippen molar-refractivity contribution < 1.29 is 9.53 Å². The fourth-order valence-corrected chi connectivity index (χ4v) is 3.47. The lowest BCUT2D eigenvalue weighted by Gasteiger charge is -2.32. The van der Waals surface area contributed by atoms with Gasteiger partial charge in [0.1, 0.15) is 0 Å². The summed E-state index contributed by atoms with van der Waals surface area (Å²) in [7, 11) is 3.62. The van der Waals surface area contributed by atoms with Gasteiger partial charge in [0.15, 0.2) is 5.82 Å². The van der Waals surface area contributed by atoms with E-state index in [1.54, 1.807) is 4.90 Å². The van der Waals surface area contributed by atoms with Crippen molar-refractivity contribution in [3.05, 3.63) is 17.8 Å². The third-order valence-corrected chi connectivity index (χ3v) is 4.80. The van der Waals surface area contributed by atoms with Gasteiger partial charge in [0.05, 0.1) is 18.9 Å². The summed E-state index contributed by atoms with van der Waals surface area (Å²) in [6.45, 7) is 5.30. The third-order valence-electron chi connectivity index (χ3n) is 4.80. The average molecular weight is 304 g/mol. The minimum atomic E-state index is 0.183. The van der Waals surface area contributed by atoms with Gasteiger partial charge in [-0.2, -0.15) is 5.10 Å². The third kappa shape index (κ3) is 3.06. The van der Waals surface area contributed by atoms with E-state index in [9.17, 15) is 4.79 Å². The number of ether oxygens (including phenoxy) is 1. The first-order valence-electron chi connectivity index (χ1n) is 7.87. The van der Waals surface area contributed by atoms with Gasteiger partial charge in [-0.15, -0.1) is 5.10 Å². The highest BCUT2D eigenvalue weighted by Gasteiger charge is 2.42. The van der Waals surface area contributed by atoms with Gasteiger partial charge >= 0.3 is 0 Å². The maximum Gasteiger partial charge on any atom is 0.222 e. The van der Waals surface area contributed by atoms with Crippen molar-refractivity contribution in [3.8, 4) is 0 Å². The molecule has 0 N–H and O–H groups in total. The topological polar surface area (TPSA) is 58.6 Å². The van der Waals surface area contributed by atoms with Crippen LogP contribution in [-0.4, -0.2) is 61.4 Å². The highest BCUT2D eigenvalue weighted by molar-refractivity contribution is 5.75. The Balaban J connectivity index is 1.69. The highest BCUT2D eigenvalue weighted by atomic mass is 16.5. The number of hydrogen-bond donors (Lipinski definition) is 0. The van der Waals surface area contributed by atoms with Gasteiger partial charge in [0.2, 0.25) is 5.91 Å². The Morgan fingerprint density at radius 2 is 2.14 bits per heavy atom. The Morgan fingerprint density at radius 3 is 2.82 bits per heavy atom. The van der Waals surface area contributed by atoms with Crippen LogP contribution < -0.4 is 4.90 Å². The fraction of sp³-hybridized carbons (Fsp3) is 0.688. The summed E-state index contributed by atoms with van der Waals surface area (Å²) in [4.78, 5) is 16.0. The molecular weight excluding hydrogens is 280 g/mol. The predicted octanol–water partition coefficient (Wildman–Crippen LogP) is 0.962. The average Bonchev–Trinajstić information content (AvgIpc) is 2.93. The lowest BCUT2D eigenvalue weighted by atomic mass is 9.81. The molecule has 6 nitrogen and oxygen atoms in total. The van der Waals surface area contributed by atoms with Gasteiger partial charge in [-0.25, -0.2) is 0 Å². The van der Waals surface area contributed by atoms with Crippen LogP contribution in [0, 0.1) is 24.7 Å². The molecule has 22 heavy (non-hydrogen) atoms. The van der Waals surface area contributed by atoms with E-state index in [0.717, 1.165) is 31.2 Å². The van der Waals surface area contributed by atoms with Gasteiger partial charge in [-0.05, 0) is 30.9 Å². The van der Waals surface area contributed by atoms with Crippen LogP contribution in [0.2, 0.25) is 0 Å². The number of fused-ring (bicyclic) bond motifs is 1. The van der Waals surface area contributed by atoms with Crippen LogP contribution in [0.25, 0.3) is 0 Å². The van der Waals surface area contributed by atoms with Crippen molar-refractivity contribution >= 4 is 11.7 Å². The molecular formula is C16H24N4O2. The van der Waals surface area contributed by atoms with Crippen LogP contribution in [0.4, 0.5) is 5.82 Å². The standard InChI is InChI=1S/C16H24N4O2/c1-11-4-5-15(18-17-11)20-7-13-10-22-9-12(14(13)8-20)6-16(21)19(2)3/h4-5,12-14H,6-10H2,1-3H3/t12-,13+,14-/m1/s1. The number of carbonyl (C=O) groups is 1. The molecule has 120 valence electrons. The molecule has 2 aliphatic rings. The molecule has 2 saturated heterocycles. The van der Waals surface area contributed by atoms with Crippen molar-refractivity contribution in [1.82, 2.24) is 15.1 Å². The molecule has 3 heterocycles. The second-order valence-corrected chi connectivity index (χ2v) is 6.65. The molecule has 0 unspecified atom stereocenters. The van der Waals surface area contributed by atoms with Crippen molar-refractivity contribution in [2.45, 2.75) is 13.3 Å². The monoisotopic (exact) mass is 304 g/mol. The molecule has 1 aromatic heterocycles. The lowest BCUT2D eigenvalue weighted by molar-refractivity contribution is -0.132. The van der Waals surface area contributed by atoms with Gasteiger partial charge in [-0.1, -0.05) is 0 Å². The first-order chi connectivity index (χ1) is 10.5. The van der Waals surface area contributed by atoms with Crippen LogP contribution in [-0.2, 0) is 9.53 Å². The van der Waals surface area contributed by atoms with E-state index < -0.39 is 0 Å². The van der Waals surface area contributed by atoms with E-state index in [2.05, 4.69) is 15.1 Å². The van der Waals surface area contributed by atoms with Crippen LogP contribution >= 0.6 is 0 Å². The Kier molecular flexibility index (Phi) is 4.29. The molecule has 0 spiro atoms. The van der Waals surface area contributed by atoms with Crippen molar-refractivity contribution in [2.24, 2.45) is 17.8 Å². The largest absolute Gasteiger partial charge is 0.381 e.